The molecule has 0 atom stereocenters. The first kappa shape index (κ1) is 21.6. The number of hydrogen-bond donors (Lipinski definition) is 2. The molecule has 1 aliphatic rings. The van der Waals surface area contributed by atoms with Gasteiger partial charge >= 0.3 is 12.0 Å². The number of nitrogens with one attached hydrogen (secondary N) is 1. The molecule has 4 amide bonds. The van der Waals surface area contributed by atoms with Gasteiger partial charge in [-0.1, -0.05) is 6.07 Å². The number of anilines is 1. The van der Waals surface area contributed by atoms with Crippen molar-refractivity contribution in [2.75, 3.05) is 18.1 Å². The second-order valence-corrected chi connectivity index (χ2v) is 6.38. The van der Waals surface area contributed by atoms with E-state index >= 15 is 0 Å². The maximum Gasteiger partial charge on any atom is 0.335 e. The average Bonchev–Trinajstić information content (AvgIpc) is 2.73. The minimum Gasteiger partial charge on any atom is -0.490 e. The standard InChI is InChI=1S/C22H20N2O7/c1-3-30-17-10-5-13(12-18(17)31-4-2)11-16-19(25)23-22(29)24(20(16)26)15-8-6-14(7-9-15)21(27)28/h5-12H,3-4H2,1-2H3,(H,27,28)(H,23,25,29)/b16-11+. The number of carboxylic acids is 1. The molecule has 0 aliphatic carbocycles. The van der Waals surface area contributed by atoms with E-state index < -0.39 is 23.8 Å². The molecular weight excluding hydrogens is 404 g/mol. The number of carbonyl (C=O) groups excluding carboxylic acids is 3. The molecule has 0 radical (unpaired) electrons. The molecule has 2 aromatic rings. The molecule has 0 saturated carbocycles. The number of hydrogen-bond acceptors (Lipinski definition) is 6. The lowest BCUT2D eigenvalue weighted by Crippen LogP contribution is -2.54. The zero-order valence-electron chi connectivity index (χ0n) is 16.9. The van der Waals surface area contributed by atoms with Gasteiger partial charge in [-0.2, -0.15) is 0 Å². The monoisotopic (exact) mass is 424 g/mol. The number of benzene rings is 2. The SMILES string of the molecule is CCOc1ccc(/C=C2\C(=O)NC(=O)N(c3ccc(C(=O)O)cc3)C2=O)cc1OCC. The predicted octanol–water partition coefficient (Wildman–Crippen LogP) is 2.85. The Labute approximate surface area is 177 Å². The molecule has 0 spiro atoms. The molecule has 31 heavy (non-hydrogen) atoms. The van der Waals surface area contributed by atoms with Crippen molar-refractivity contribution in [1.82, 2.24) is 5.32 Å². The highest BCUT2D eigenvalue weighted by atomic mass is 16.5. The fourth-order valence-corrected chi connectivity index (χ4v) is 2.97. The number of urea groups is 1. The van der Waals surface area contributed by atoms with Crippen molar-refractivity contribution in [1.29, 1.82) is 0 Å². The number of carbonyl (C=O) groups is 4. The smallest absolute Gasteiger partial charge is 0.335 e. The number of amides is 4. The molecule has 1 saturated heterocycles. The van der Waals surface area contributed by atoms with Gasteiger partial charge in [0.25, 0.3) is 11.8 Å². The van der Waals surface area contributed by atoms with Crippen molar-refractivity contribution in [3.63, 3.8) is 0 Å². The highest BCUT2D eigenvalue weighted by molar-refractivity contribution is 6.39. The molecule has 0 aromatic heterocycles. The average molecular weight is 424 g/mol. The molecule has 9 heteroatoms. The first-order valence-electron chi connectivity index (χ1n) is 9.50. The van der Waals surface area contributed by atoms with Crippen LogP contribution in [0.3, 0.4) is 0 Å². The third kappa shape index (κ3) is 4.55. The summed E-state index contributed by atoms with van der Waals surface area (Å²) in [6, 6.07) is 9.19. The van der Waals surface area contributed by atoms with Crippen molar-refractivity contribution in [3.05, 3.63) is 59.2 Å². The van der Waals surface area contributed by atoms with E-state index in [2.05, 4.69) is 5.32 Å². The Morgan fingerprint density at radius 3 is 2.26 bits per heavy atom. The second-order valence-electron chi connectivity index (χ2n) is 6.38. The molecule has 3 rings (SSSR count). The summed E-state index contributed by atoms with van der Waals surface area (Å²) >= 11 is 0. The van der Waals surface area contributed by atoms with Crippen molar-refractivity contribution >= 4 is 35.6 Å². The zero-order valence-corrected chi connectivity index (χ0v) is 16.9. The predicted molar refractivity (Wildman–Crippen MR) is 111 cm³/mol. The molecule has 160 valence electrons. The largest absolute Gasteiger partial charge is 0.490 e. The van der Waals surface area contributed by atoms with E-state index in [0.717, 1.165) is 4.90 Å². The lowest BCUT2D eigenvalue weighted by Gasteiger charge is -2.26. The van der Waals surface area contributed by atoms with Crippen LogP contribution in [0.2, 0.25) is 0 Å². The van der Waals surface area contributed by atoms with Crippen LogP contribution in [0.4, 0.5) is 10.5 Å². The third-order valence-electron chi connectivity index (χ3n) is 4.35. The third-order valence-corrected chi connectivity index (χ3v) is 4.35. The number of rotatable bonds is 7. The maximum atomic E-state index is 13.0. The summed E-state index contributed by atoms with van der Waals surface area (Å²) in [6.07, 6.45) is 1.35. The van der Waals surface area contributed by atoms with E-state index in [-0.39, 0.29) is 16.8 Å². The van der Waals surface area contributed by atoms with E-state index in [0.29, 0.717) is 30.3 Å². The van der Waals surface area contributed by atoms with Crippen molar-refractivity contribution in [2.24, 2.45) is 0 Å². The molecule has 1 fully saturated rings. The van der Waals surface area contributed by atoms with Gasteiger partial charge in [0.05, 0.1) is 24.5 Å². The number of nitrogens with zero attached hydrogens (tertiary/aromatic N) is 1. The number of ether oxygens (including phenoxy) is 2. The maximum absolute atomic E-state index is 13.0. The minimum atomic E-state index is -1.14. The fraction of sp³-hybridized carbons (Fsp3) is 0.182. The second kappa shape index (κ2) is 9.12. The summed E-state index contributed by atoms with van der Waals surface area (Å²) in [5, 5.41) is 11.1. The highest BCUT2D eigenvalue weighted by Gasteiger charge is 2.36. The van der Waals surface area contributed by atoms with Crippen molar-refractivity contribution in [3.8, 4) is 11.5 Å². The lowest BCUT2D eigenvalue weighted by molar-refractivity contribution is -0.122. The Morgan fingerprint density at radius 1 is 1.00 bits per heavy atom. The zero-order chi connectivity index (χ0) is 22.5. The van der Waals surface area contributed by atoms with Gasteiger partial charge in [-0.15, -0.1) is 0 Å². The van der Waals surface area contributed by atoms with E-state index in [1.54, 1.807) is 18.2 Å². The van der Waals surface area contributed by atoms with Gasteiger partial charge in [-0.05, 0) is 61.9 Å². The van der Waals surface area contributed by atoms with E-state index in [1.165, 1.54) is 30.3 Å². The molecule has 1 aliphatic heterocycles. The topological polar surface area (TPSA) is 122 Å². The van der Waals surface area contributed by atoms with Crippen LogP contribution < -0.4 is 19.7 Å². The minimum absolute atomic E-state index is 0.00157. The quantitative estimate of drug-likeness (QED) is 0.518. The first-order valence-corrected chi connectivity index (χ1v) is 9.50. The van der Waals surface area contributed by atoms with Gasteiger partial charge in [0.1, 0.15) is 5.57 Å². The van der Waals surface area contributed by atoms with Crippen LogP contribution in [0.1, 0.15) is 29.8 Å². The molecule has 0 unspecified atom stereocenters. The summed E-state index contributed by atoms with van der Waals surface area (Å²) in [7, 11) is 0. The summed E-state index contributed by atoms with van der Waals surface area (Å²) in [4.78, 5) is 49.4. The molecule has 9 nitrogen and oxygen atoms in total. The van der Waals surface area contributed by atoms with Gasteiger partial charge < -0.3 is 14.6 Å². The normalized spacial score (nSPS) is 15.1. The van der Waals surface area contributed by atoms with Crippen molar-refractivity contribution in [2.45, 2.75) is 13.8 Å². The Balaban J connectivity index is 1.97. The Hall–Kier alpha value is -4.14. The van der Waals surface area contributed by atoms with Gasteiger partial charge in [0.2, 0.25) is 0 Å². The number of barbiturate groups is 1. The Morgan fingerprint density at radius 2 is 1.65 bits per heavy atom. The van der Waals surface area contributed by atoms with Gasteiger partial charge in [0, 0.05) is 0 Å². The van der Waals surface area contributed by atoms with Crippen LogP contribution in [-0.2, 0) is 9.59 Å². The summed E-state index contributed by atoms with van der Waals surface area (Å²) in [5.41, 5.74) is 0.375. The van der Waals surface area contributed by atoms with E-state index in [9.17, 15) is 19.2 Å². The van der Waals surface area contributed by atoms with Crippen LogP contribution in [0, 0.1) is 0 Å². The number of carboxylic acid groups (broad SMARTS) is 1. The fourth-order valence-electron chi connectivity index (χ4n) is 2.97. The summed E-state index contributed by atoms with van der Waals surface area (Å²) in [6.45, 7) is 4.50. The van der Waals surface area contributed by atoms with Crippen LogP contribution >= 0.6 is 0 Å². The number of imide groups is 2. The summed E-state index contributed by atoms with van der Waals surface area (Å²) < 4.78 is 11.1. The summed E-state index contributed by atoms with van der Waals surface area (Å²) in [5.74, 6) is -1.82. The van der Waals surface area contributed by atoms with Crippen molar-refractivity contribution < 1.29 is 33.8 Å². The molecular formula is C22H20N2O7. The van der Waals surface area contributed by atoms with Crippen LogP contribution in [0.15, 0.2) is 48.0 Å². The van der Waals surface area contributed by atoms with Gasteiger partial charge in [0.15, 0.2) is 11.5 Å². The van der Waals surface area contributed by atoms with E-state index in [4.69, 9.17) is 14.6 Å². The molecule has 2 aromatic carbocycles. The Bertz CT molecular complexity index is 1070. The van der Waals surface area contributed by atoms with Gasteiger partial charge in [-0.3, -0.25) is 14.9 Å². The lowest BCUT2D eigenvalue weighted by atomic mass is 10.1. The van der Waals surface area contributed by atoms with Crippen LogP contribution in [0.25, 0.3) is 6.08 Å². The molecule has 1 heterocycles. The first-order chi connectivity index (χ1) is 14.8. The van der Waals surface area contributed by atoms with Crippen LogP contribution in [-0.4, -0.2) is 42.1 Å². The Kier molecular flexibility index (Phi) is 6.35. The molecule has 0 bridgehead atoms. The molecule has 2 N–H and O–H groups in total. The number of aromatic carboxylic acids is 1. The van der Waals surface area contributed by atoms with Crippen LogP contribution in [0.5, 0.6) is 11.5 Å². The van der Waals surface area contributed by atoms with E-state index in [1.807, 2.05) is 13.8 Å². The van der Waals surface area contributed by atoms with Gasteiger partial charge in [-0.25, -0.2) is 14.5 Å². The highest BCUT2D eigenvalue weighted by Crippen LogP contribution is 2.30.